The maximum Gasteiger partial charge on any atom is 0.108 e. The Morgan fingerprint density at radius 3 is 3.00 bits per heavy atom. The van der Waals surface area contributed by atoms with Crippen molar-refractivity contribution in [2.75, 3.05) is 6.54 Å². The summed E-state index contributed by atoms with van der Waals surface area (Å²) in [7, 11) is 2.03. The van der Waals surface area contributed by atoms with Crippen LogP contribution in [0.2, 0.25) is 0 Å². The molecule has 0 saturated heterocycles. The summed E-state index contributed by atoms with van der Waals surface area (Å²) in [5.74, 6) is 1.12. The first-order chi connectivity index (χ1) is 8.31. The quantitative estimate of drug-likeness (QED) is 0.846. The van der Waals surface area contributed by atoms with Gasteiger partial charge in [-0.25, -0.2) is 4.98 Å². The van der Waals surface area contributed by atoms with Crippen LogP contribution in [0.15, 0.2) is 18.6 Å². The minimum absolute atomic E-state index is 0.330. The molecule has 2 aromatic rings. The van der Waals surface area contributed by atoms with Gasteiger partial charge in [-0.05, 0) is 24.5 Å². The van der Waals surface area contributed by atoms with Gasteiger partial charge in [-0.3, -0.25) is 0 Å². The van der Waals surface area contributed by atoms with Crippen LogP contribution in [0.4, 0.5) is 0 Å². The van der Waals surface area contributed by atoms with Crippen molar-refractivity contribution in [2.45, 2.75) is 25.8 Å². The number of hydrogen-bond acceptors (Lipinski definition) is 5. The van der Waals surface area contributed by atoms with E-state index in [1.807, 2.05) is 25.6 Å². The predicted octanol–water partition coefficient (Wildman–Crippen LogP) is 1.55. The van der Waals surface area contributed by atoms with Crippen molar-refractivity contribution in [3.8, 4) is 0 Å². The Morgan fingerprint density at radius 1 is 1.53 bits per heavy atom. The van der Waals surface area contributed by atoms with Crippen LogP contribution in [-0.2, 0) is 13.5 Å². The third-order valence-corrected chi connectivity index (χ3v) is 3.53. The van der Waals surface area contributed by atoms with Gasteiger partial charge in [0.25, 0.3) is 0 Å². The van der Waals surface area contributed by atoms with Crippen molar-refractivity contribution in [3.63, 3.8) is 0 Å². The van der Waals surface area contributed by atoms with E-state index >= 15 is 0 Å². The average molecular weight is 251 g/mol. The van der Waals surface area contributed by atoms with Crippen molar-refractivity contribution >= 4 is 11.5 Å². The maximum atomic E-state index is 4.34. The molecule has 0 saturated carbocycles. The van der Waals surface area contributed by atoms with E-state index in [4.69, 9.17) is 0 Å². The average Bonchev–Trinajstić information content (AvgIpc) is 2.96. The lowest BCUT2D eigenvalue weighted by atomic mass is 10.1. The van der Waals surface area contributed by atoms with Crippen molar-refractivity contribution < 1.29 is 0 Å². The second kappa shape index (κ2) is 5.88. The first-order valence-corrected chi connectivity index (χ1v) is 6.55. The number of rotatable bonds is 6. The van der Waals surface area contributed by atoms with E-state index in [1.54, 1.807) is 0 Å². The number of hydrogen-bond donors (Lipinski definition) is 1. The second-order valence-electron chi connectivity index (χ2n) is 3.92. The van der Waals surface area contributed by atoms with Crippen LogP contribution in [-0.4, -0.2) is 25.7 Å². The summed E-state index contributed by atoms with van der Waals surface area (Å²) >= 11 is 1.46. The topological polar surface area (TPSA) is 55.6 Å². The Bertz CT molecular complexity index is 436. The Labute approximate surface area is 105 Å². The summed E-state index contributed by atoms with van der Waals surface area (Å²) in [4.78, 5) is 5.53. The number of imidazole rings is 1. The van der Waals surface area contributed by atoms with E-state index in [0.717, 1.165) is 25.2 Å². The van der Waals surface area contributed by atoms with E-state index < -0.39 is 0 Å². The highest BCUT2D eigenvalue weighted by Gasteiger charge is 2.13. The molecule has 0 aliphatic rings. The molecule has 1 unspecified atom stereocenters. The van der Waals surface area contributed by atoms with Crippen molar-refractivity contribution in [3.05, 3.63) is 29.3 Å². The molecule has 1 atom stereocenters. The predicted molar refractivity (Wildman–Crippen MR) is 67.9 cm³/mol. The molecule has 0 bridgehead atoms. The van der Waals surface area contributed by atoms with Crippen LogP contribution in [0.1, 0.15) is 30.1 Å². The fraction of sp³-hybridized carbons (Fsp3) is 0.545. The molecule has 92 valence electrons. The second-order valence-corrected chi connectivity index (χ2v) is 4.74. The van der Waals surface area contributed by atoms with Crippen molar-refractivity contribution in [1.82, 2.24) is 24.5 Å². The molecule has 2 rings (SSSR count). The van der Waals surface area contributed by atoms with E-state index in [9.17, 15) is 0 Å². The highest BCUT2D eigenvalue weighted by Crippen LogP contribution is 2.20. The fourth-order valence-corrected chi connectivity index (χ4v) is 2.44. The zero-order chi connectivity index (χ0) is 12.1. The molecular weight excluding hydrogens is 234 g/mol. The highest BCUT2D eigenvalue weighted by atomic mass is 32.1. The molecule has 0 aromatic carbocycles. The molecule has 0 amide bonds. The molecule has 5 nitrogen and oxygen atoms in total. The molecule has 6 heteroatoms. The first kappa shape index (κ1) is 12.2. The van der Waals surface area contributed by atoms with Gasteiger partial charge in [0.15, 0.2) is 0 Å². The normalized spacial score (nSPS) is 12.8. The molecule has 0 fully saturated rings. The number of nitrogens with one attached hydrogen (secondary N) is 1. The minimum Gasteiger partial charge on any atom is -0.338 e. The number of aromatic nitrogens is 4. The van der Waals surface area contributed by atoms with E-state index in [1.165, 1.54) is 16.4 Å². The fourth-order valence-electron chi connectivity index (χ4n) is 1.83. The van der Waals surface area contributed by atoms with Gasteiger partial charge in [-0.15, -0.1) is 5.10 Å². The molecule has 17 heavy (non-hydrogen) atoms. The SMILES string of the molecule is CCNC(CCc1nccn1C)c1cnns1. The van der Waals surface area contributed by atoms with Gasteiger partial charge in [0.05, 0.1) is 11.1 Å². The highest BCUT2D eigenvalue weighted by molar-refractivity contribution is 7.05. The lowest BCUT2D eigenvalue weighted by Crippen LogP contribution is -2.21. The van der Waals surface area contributed by atoms with Gasteiger partial charge in [-0.1, -0.05) is 11.4 Å². The van der Waals surface area contributed by atoms with Crippen LogP contribution in [0.3, 0.4) is 0 Å². The standard InChI is InChI=1S/C11H17N5S/c1-3-12-9(10-8-14-15-17-10)4-5-11-13-6-7-16(11)2/h6-9,12H,3-5H2,1-2H3. The largest absolute Gasteiger partial charge is 0.338 e. The molecule has 1 N–H and O–H groups in total. The van der Waals surface area contributed by atoms with Crippen molar-refractivity contribution in [2.24, 2.45) is 7.05 Å². The third kappa shape index (κ3) is 3.10. The molecule has 0 radical (unpaired) electrons. The van der Waals surface area contributed by atoms with Crippen molar-refractivity contribution in [1.29, 1.82) is 0 Å². The van der Waals surface area contributed by atoms with Gasteiger partial charge >= 0.3 is 0 Å². The lowest BCUT2D eigenvalue weighted by Gasteiger charge is -2.14. The van der Waals surface area contributed by atoms with E-state index in [-0.39, 0.29) is 0 Å². The van der Waals surface area contributed by atoms with Crippen LogP contribution in [0.5, 0.6) is 0 Å². The minimum atomic E-state index is 0.330. The van der Waals surface area contributed by atoms with Gasteiger partial charge in [0.2, 0.25) is 0 Å². The Hall–Kier alpha value is -1.27. The Kier molecular flexibility index (Phi) is 4.22. The van der Waals surface area contributed by atoms with Crippen LogP contribution >= 0.6 is 11.5 Å². The number of aryl methyl sites for hydroxylation is 2. The van der Waals surface area contributed by atoms with Crippen LogP contribution < -0.4 is 5.32 Å². The van der Waals surface area contributed by atoms with Gasteiger partial charge in [0.1, 0.15) is 5.82 Å². The maximum absolute atomic E-state index is 4.34. The molecule has 2 heterocycles. The van der Waals surface area contributed by atoms with E-state index in [2.05, 4.69) is 31.4 Å². The van der Waals surface area contributed by atoms with E-state index in [0.29, 0.717) is 6.04 Å². The third-order valence-electron chi connectivity index (χ3n) is 2.75. The van der Waals surface area contributed by atoms with Crippen LogP contribution in [0.25, 0.3) is 0 Å². The zero-order valence-corrected chi connectivity index (χ0v) is 10.9. The molecule has 2 aromatic heterocycles. The first-order valence-electron chi connectivity index (χ1n) is 5.78. The van der Waals surface area contributed by atoms with Gasteiger partial charge < -0.3 is 9.88 Å². The number of nitrogens with zero attached hydrogens (tertiary/aromatic N) is 4. The monoisotopic (exact) mass is 251 g/mol. The summed E-state index contributed by atoms with van der Waals surface area (Å²) in [5.41, 5.74) is 0. The molecular formula is C11H17N5S. The molecule has 0 aliphatic carbocycles. The van der Waals surface area contributed by atoms with Crippen LogP contribution in [0, 0.1) is 0 Å². The molecule has 0 spiro atoms. The summed E-state index contributed by atoms with van der Waals surface area (Å²) in [6, 6.07) is 0.330. The van der Waals surface area contributed by atoms with Gasteiger partial charge in [-0.2, -0.15) is 0 Å². The summed E-state index contributed by atoms with van der Waals surface area (Å²) < 4.78 is 5.98. The summed E-state index contributed by atoms with van der Waals surface area (Å²) in [6.07, 6.45) is 7.63. The zero-order valence-electron chi connectivity index (χ0n) is 10.1. The molecule has 0 aliphatic heterocycles. The Morgan fingerprint density at radius 2 is 2.41 bits per heavy atom. The smallest absolute Gasteiger partial charge is 0.108 e. The lowest BCUT2D eigenvalue weighted by molar-refractivity contribution is 0.512. The Balaban J connectivity index is 1.97. The van der Waals surface area contributed by atoms with Gasteiger partial charge in [0, 0.05) is 31.9 Å². The summed E-state index contributed by atoms with van der Waals surface area (Å²) in [6.45, 7) is 3.06. The summed E-state index contributed by atoms with van der Waals surface area (Å²) in [5, 5.41) is 7.36.